The molecule has 0 N–H and O–H groups in total. The van der Waals surface area contributed by atoms with Crippen molar-refractivity contribution in [2.24, 2.45) is 11.8 Å². The molecule has 0 spiro atoms. The quantitative estimate of drug-likeness (QED) is 0.0428. The molecule has 0 radical (unpaired) electrons. The summed E-state index contributed by atoms with van der Waals surface area (Å²) in [5.41, 5.74) is -0.921. The summed E-state index contributed by atoms with van der Waals surface area (Å²) >= 11 is 37.4. The van der Waals surface area contributed by atoms with Crippen LogP contribution >= 0.6 is 69.6 Å². The topological polar surface area (TPSA) is 105 Å². The first-order valence-corrected chi connectivity index (χ1v) is 19.1. The van der Waals surface area contributed by atoms with Crippen LogP contribution in [0.1, 0.15) is 125 Å². The number of hydrogen-bond acceptors (Lipinski definition) is 8. The molecule has 14 heteroatoms. The van der Waals surface area contributed by atoms with Gasteiger partial charge >= 0.3 is 23.9 Å². The number of esters is 4. The highest BCUT2D eigenvalue weighted by Gasteiger charge is 2.32. The van der Waals surface area contributed by atoms with Crippen molar-refractivity contribution in [2.75, 3.05) is 13.2 Å². The molecule has 0 bridgehead atoms. The van der Waals surface area contributed by atoms with Gasteiger partial charge in [-0.25, -0.2) is 19.2 Å². The average Bonchev–Trinajstić information content (AvgIpc) is 3.06. The number of hydrogen-bond donors (Lipinski definition) is 0. The third-order valence-electron chi connectivity index (χ3n) is 7.97. The molecule has 0 fully saturated rings. The zero-order valence-corrected chi connectivity index (χ0v) is 33.3. The Bertz CT molecular complexity index is 1370. The number of unbranched alkanes of at least 4 members (excludes halogenated alkanes) is 4. The first-order chi connectivity index (χ1) is 23.7. The van der Waals surface area contributed by atoms with Gasteiger partial charge in [0.15, 0.2) is 11.5 Å². The lowest BCUT2D eigenvalue weighted by atomic mass is 9.98. The maximum absolute atomic E-state index is 13.1. The lowest BCUT2D eigenvalue weighted by molar-refractivity contribution is -0.156. The summed E-state index contributed by atoms with van der Waals surface area (Å²) in [6.07, 6.45) is 11.8. The van der Waals surface area contributed by atoms with Gasteiger partial charge in [-0.2, -0.15) is 0 Å². The van der Waals surface area contributed by atoms with E-state index in [0.29, 0.717) is 24.7 Å². The van der Waals surface area contributed by atoms with Gasteiger partial charge in [0.2, 0.25) is 0 Å². The number of rotatable bonds is 20. The van der Waals surface area contributed by atoms with Gasteiger partial charge in [0.25, 0.3) is 0 Å². The minimum Gasteiger partial charge on any atom is -0.462 e. The van der Waals surface area contributed by atoms with E-state index in [0.717, 1.165) is 76.3 Å². The van der Waals surface area contributed by atoms with Gasteiger partial charge in [-0.3, -0.25) is 0 Å². The van der Waals surface area contributed by atoms with E-state index in [2.05, 4.69) is 27.7 Å². The minimum absolute atomic E-state index is 0.0551. The van der Waals surface area contributed by atoms with E-state index in [4.69, 9.17) is 88.6 Å². The van der Waals surface area contributed by atoms with Crippen LogP contribution in [0, 0.1) is 11.8 Å². The monoisotopic (exact) mass is 814 g/mol. The van der Waals surface area contributed by atoms with Crippen molar-refractivity contribution in [2.45, 2.75) is 105 Å². The maximum atomic E-state index is 13.1. The Hall–Kier alpha value is -1.94. The Morgan fingerprint density at radius 3 is 1.22 bits per heavy atom. The smallest absolute Gasteiger partial charge is 0.423 e. The third kappa shape index (κ3) is 13.9. The van der Waals surface area contributed by atoms with Gasteiger partial charge in [-0.1, -0.05) is 149 Å². The largest absolute Gasteiger partial charge is 0.462 e. The van der Waals surface area contributed by atoms with Crippen LogP contribution in [0.5, 0.6) is 11.5 Å². The Kier molecular flexibility index (Phi) is 20.2. The van der Waals surface area contributed by atoms with E-state index in [9.17, 15) is 19.2 Å². The summed E-state index contributed by atoms with van der Waals surface area (Å²) in [5, 5.41) is -1.47. The summed E-state index contributed by atoms with van der Waals surface area (Å²) in [6, 6.07) is 2.26. The molecular formula is C36H44Cl6O8. The number of benzene rings is 2. The van der Waals surface area contributed by atoms with Crippen molar-refractivity contribution in [3.8, 4) is 11.5 Å². The molecule has 2 aromatic carbocycles. The lowest BCUT2D eigenvalue weighted by Gasteiger charge is -2.16. The zero-order valence-electron chi connectivity index (χ0n) is 28.7. The second-order valence-electron chi connectivity index (χ2n) is 12.3. The van der Waals surface area contributed by atoms with Gasteiger partial charge < -0.3 is 18.9 Å². The summed E-state index contributed by atoms with van der Waals surface area (Å²) in [6.45, 7) is 8.67. The fourth-order valence-corrected chi connectivity index (χ4v) is 6.54. The van der Waals surface area contributed by atoms with Crippen molar-refractivity contribution >= 4 is 93.5 Å². The standard InChI is InChI=1S/C36H44Cl6O8/c1-5-7-9-13-21(3)15-11-17-47-33(43)27-29(41)23(37)19-25(39)31(27)49-35(45)36(46)50-32-26(40)20-24(38)30(42)28(32)34(44)48-18-12-16-22(4)14-10-8-6-2/h19-22H,5-18H2,1-4H3. The van der Waals surface area contributed by atoms with Crippen LogP contribution in [0.3, 0.4) is 0 Å². The molecule has 2 aromatic rings. The molecule has 0 saturated carbocycles. The highest BCUT2D eigenvalue weighted by molar-refractivity contribution is 6.47. The second kappa shape index (κ2) is 22.9. The van der Waals surface area contributed by atoms with Gasteiger partial charge in [-0.15, -0.1) is 0 Å². The highest BCUT2D eigenvalue weighted by Crippen LogP contribution is 2.42. The number of ether oxygens (including phenoxy) is 4. The molecule has 0 saturated heterocycles. The molecule has 0 aromatic heterocycles. The predicted octanol–water partition coefficient (Wildman–Crippen LogP) is 12.4. The maximum Gasteiger partial charge on any atom is 0.423 e. The number of carbonyl (C=O) groups excluding carboxylic acids is 4. The van der Waals surface area contributed by atoms with Crippen LogP contribution in [0.15, 0.2) is 12.1 Å². The molecule has 0 amide bonds. The van der Waals surface area contributed by atoms with Crippen LogP contribution < -0.4 is 9.47 Å². The first-order valence-electron chi connectivity index (χ1n) is 16.9. The SMILES string of the molecule is CCCCCC(C)CCCOC(=O)c1c(Cl)c(Cl)cc(Cl)c1OC(=O)C(=O)Oc1c(Cl)cc(Cl)c(Cl)c1C(=O)OCCCC(C)CCCCC. The first kappa shape index (κ1) is 44.2. The predicted molar refractivity (Wildman–Crippen MR) is 200 cm³/mol. The number of carbonyl (C=O) groups is 4. The molecule has 2 unspecified atom stereocenters. The summed E-state index contributed by atoms with van der Waals surface area (Å²) in [4.78, 5) is 52.2. The molecule has 2 atom stereocenters. The molecule has 0 aliphatic rings. The molecule has 278 valence electrons. The molecule has 2 rings (SSSR count). The molecule has 0 heterocycles. The molecule has 0 aliphatic heterocycles. The summed E-state index contributed by atoms with van der Waals surface area (Å²) in [7, 11) is 0. The van der Waals surface area contributed by atoms with E-state index in [1.807, 2.05) is 0 Å². The van der Waals surface area contributed by atoms with Crippen LogP contribution in [-0.4, -0.2) is 37.1 Å². The third-order valence-corrected chi connectivity index (χ3v) is 10.1. The Labute approximate surface area is 324 Å². The van der Waals surface area contributed by atoms with Crippen molar-refractivity contribution in [3.63, 3.8) is 0 Å². The normalized spacial score (nSPS) is 12.3. The van der Waals surface area contributed by atoms with Crippen molar-refractivity contribution in [3.05, 3.63) is 53.4 Å². The van der Waals surface area contributed by atoms with Crippen molar-refractivity contribution in [1.82, 2.24) is 0 Å². The van der Waals surface area contributed by atoms with E-state index in [1.54, 1.807) is 0 Å². The average molecular weight is 817 g/mol. The minimum atomic E-state index is -1.64. The zero-order chi connectivity index (χ0) is 37.4. The Morgan fingerprint density at radius 1 is 0.540 bits per heavy atom. The number of halogens is 6. The van der Waals surface area contributed by atoms with Gasteiger partial charge in [0, 0.05) is 0 Å². The van der Waals surface area contributed by atoms with E-state index in [1.165, 1.54) is 0 Å². The molecule has 0 aliphatic carbocycles. The summed E-state index contributed by atoms with van der Waals surface area (Å²) in [5.74, 6) is -5.48. The Morgan fingerprint density at radius 2 is 0.880 bits per heavy atom. The second-order valence-corrected chi connectivity index (χ2v) is 14.6. The molecule has 50 heavy (non-hydrogen) atoms. The van der Waals surface area contributed by atoms with Crippen LogP contribution in [0.2, 0.25) is 30.1 Å². The van der Waals surface area contributed by atoms with E-state index in [-0.39, 0.29) is 43.3 Å². The lowest BCUT2D eigenvalue weighted by Crippen LogP contribution is -2.27. The summed E-state index contributed by atoms with van der Waals surface area (Å²) < 4.78 is 21.2. The van der Waals surface area contributed by atoms with E-state index >= 15 is 0 Å². The molecule has 8 nitrogen and oxygen atoms in total. The van der Waals surface area contributed by atoms with Gasteiger partial charge in [0.1, 0.15) is 11.1 Å². The van der Waals surface area contributed by atoms with E-state index < -0.39 is 46.5 Å². The highest BCUT2D eigenvalue weighted by atomic mass is 35.5. The Balaban J connectivity index is 2.17. The van der Waals surface area contributed by atoms with Gasteiger partial charge in [0.05, 0.1) is 43.3 Å². The van der Waals surface area contributed by atoms with Crippen LogP contribution in [-0.2, 0) is 19.1 Å². The van der Waals surface area contributed by atoms with Crippen molar-refractivity contribution in [1.29, 1.82) is 0 Å². The van der Waals surface area contributed by atoms with Crippen molar-refractivity contribution < 1.29 is 38.1 Å². The van der Waals surface area contributed by atoms with Crippen LogP contribution in [0.25, 0.3) is 0 Å². The molecular weight excluding hydrogens is 773 g/mol. The van der Waals surface area contributed by atoms with Gasteiger partial charge in [-0.05, 0) is 49.7 Å². The fraction of sp³-hybridized carbons (Fsp3) is 0.556. The fourth-order valence-electron chi connectivity index (χ4n) is 5.10. The van der Waals surface area contributed by atoms with Crippen LogP contribution in [0.4, 0.5) is 0 Å².